The highest BCUT2D eigenvalue weighted by Gasteiger charge is 2.09. The average Bonchev–Trinajstić information content (AvgIpc) is 2.53. The van der Waals surface area contributed by atoms with Crippen LogP contribution in [-0.2, 0) is 0 Å². The number of nitrogen functional groups attached to an aromatic ring is 1. The Bertz CT molecular complexity index is 341. The third-order valence-corrected chi connectivity index (χ3v) is 2.94. The lowest BCUT2D eigenvalue weighted by molar-refractivity contribution is 0.472. The Kier molecular flexibility index (Phi) is 4.81. The van der Waals surface area contributed by atoms with Gasteiger partial charge in [0.2, 0.25) is 5.95 Å². The largest absolute Gasteiger partial charge is 0.368 e. The van der Waals surface area contributed by atoms with Gasteiger partial charge >= 0.3 is 0 Å². The summed E-state index contributed by atoms with van der Waals surface area (Å²) in [6, 6.07) is 0.341. The van der Waals surface area contributed by atoms with Crippen molar-refractivity contribution in [2.24, 2.45) is 0 Å². The van der Waals surface area contributed by atoms with Crippen LogP contribution >= 0.6 is 12.2 Å². The summed E-state index contributed by atoms with van der Waals surface area (Å²) in [5.41, 5.74) is 5.73. The van der Waals surface area contributed by atoms with Crippen molar-refractivity contribution in [1.29, 1.82) is 0 Å². The number of nitrogens with two attached hydrogens (primary N) is 1. The maximum absolute atomic E-state index is 5.73. The van der Waals surface area contributed by atoms with E-state index in [0.717, 1.165) is 6.42 Å². The molecule has 1 unspecified atom stereocenters. The second kappa shape index (κ2) is 5.90. The first-order chi connectivity index (χ1) is 7.16. The van der Waals surface area contributed by atoms with Gasteiger partial charge in [-0.3, -0.25) is 4.57 Å². The first kappa shape index (κ1) is 12.2. The predicted octanol–water partition coefficient (Wildman–Crippen LogP) is 3.05. The number of aromatic nitrogens is 3. The summed E-state index contributed by atoms with van der Waals surface area (Å²) < 4.78 is 2.51. The van der Waals surface area contributed by atoms with E-state index in [4.69, 9.17) is 18.0 Å². The molecule has 0 bridgehead atoms. The molecule has 4 nitrogen and oxygen atoms in total. The highest BCUT2D eigenvalue weighted by atomic mass is 32.1. The van der Waals surface area contributed by atoms with Crippen LogP contribution in [0.25, 0.3) is 0 Å². The normalized spacial score (nSPS) is 12.9. The number of aromatic amines is 1. The molecule has 5 heteroatoms. The summed E-state index contributed by atoms with van der Waals surface area (Å²) in [6.07, 6.45) is 6.19. The number of hydrogen-bond acceptors (Lipinski definition) is 3. The molecule has 86 valence electrons. The van der Waals surface area contributed by atoms with Gasteiger partial charge in [0.05, 0.1) is 0 Å². The van der Waals surface area contributed by atoms with Crippen LogP contribution in [-0.4, -0.2) is 14.8 Å². The number of H-pyrrole nitrogens is 1. The van der Waals surface area contributed by atoms with E-state index in [-0.39, 0.29) is 0 Å². The minimum Gasteiger partial charge on any atom is -0.368 e. The highest BCUT2D eigenvalue weighted by Crippen LogP contribution is 2.18. The lowest BCUT2D eigenvalue weighted by Gasteiger charge is -2.13. The van der Waals surface area contributed by atoms with Crippen LogP contribution in [0.1, 0.15) is 52.0 Å². The lowest BCUT2D eigenvalue weighted by atomic mass is 10.1. The van der Waals surface area contributed by atoms with Crippen molar-refractivity contribution in [3.63, 3.8) is 0 Å². The molecule has 15 heavy (non-hydrogen) atoms. The molecule has 0 aromatic carbocycles. The van der Waals surface area contributed by atoms with Gasteiger partial charge in [-0.25, -0.2) is 5.10 Å². The molecule has 0 saturated heterocycles. The van der Waals surface area contributed by atoms with E-state index >= 15 is 0 Å². The van der Waals surface area contributed by atoms with Crippen LogP contribution in [0.15, 0.2) is 0 Å². The fraction of sp³-hybridized carbons (Fsp3) is 0.800. The Morgan fingerprint density at radius 3 is 2.73 bits per heavy atom. The van der Waals surface area contributed by atoms with E-state index in [1.165, 1.54) is 25.7 Å². The van der Waals surface area contributed by atoms with Gasteiger partial charge in [-0.15, -0.1) is 5.10 Å². The zero-order valence-corrected chi connectivity index (χ0v) is 10.3. The third kappa shape index (κ3) is 3.34. The second-order valence-corrected chi connectivity index (χ2v) is 4.34. The Labute approximate surface area is 95.9 Å². The topological polar surface area (TPSA) is 59.6 Å². The molecule has 1 aromatic heterocycles. The van der Waals surface area contributed by atoms with Crippen molar-refractivity contribution >= 4 is 18.2 Å². The van der Waals surface area contributed by atoms with Gasteiger partial charge in [-0.05, 0) is 25.6 Å². The number of nitrogens with zero attached hydrogens (tertiary/aromatic N) is 2. The van der Waals surface area contributed by atoms with Crippen LogP contribution in [0.2, 0.25) is 0 Å². The lowest BCUT2D eigenvalue weighted by Crippen LogP contribution is -2.09. The summed E-state index contributed by atoms with van der Waals surface area (Å²) in [5, 5.41) is 6.62. The zero-order valence-electron chi connectivity index (χ0n) is 9.49. The molecule has 0 amide bonds. The minimum atomic E-state index is 0.341. The molecule has 0 aliphatic heterocycles. The third-order valence-electron chi connectivity index (χ3n) is 2.65. The van der Waals surface area contributed by atoms with Crippen molar-refractivity contribution in [3.8, 4) is 0 Å². The molecule has 1 heterocycles. The number of anilines is 1. The van der Waals surface area contributed by atoms with Gasteiger partial charge in [-0.1, -0.05) is 32.6 Å². The summed E-state index contributed by atoms with van der Waals surface area (Å²) in [6.45, 7) is 4.35. The molecular formula is C10H20N4S. The van der Waals surface area contributed by atoms with Crippen LogP contribution in [0.3, 0.4) is 0 Å². The van der Waals surface area contributed by atoms with E-state index in [1.807, 2.05) is 4.57 Å². The fourth-order valence-electron chi connectivity index (χ4n) is 1.74. The number of unbranched alkanes of at least 4 members (excludes halogenated alkanes) is 3. The molecule has 0 aliphatic rings. The summed E-state index contributed by atoms with van der Waals surface area (Å²) >= 11 is 5.12. The van der Waals surface area contributed by atoms with Gasteiger partial charge < -0.3 is 5.73 Å². The Hall–Kier alpha value is -0.840. The van der Waals surface area contributed by atoms with Crippen molar-refractivity contribution < 1.29 is 0 Å². The minimum absolute atomic E-state index is 0.341. The quantitative estimate of drug-likeness (QED) is 0.581. The molecule has 0 radical (unpaired) electrons. The van der Waals surface area contributed by atoms with E-state index in [1.54, 1.807) is 0 Å². The SMILES string of the molecule is CCCCCCC(C)n1c(N)n[nH]c1=S. The molecule has 1 aromatic rings. The maximum atomic E-state index is 5.73. The van der Waals surface area contributed by atoms with Crippen LogP contribution in [0.5, 0.6) is 0 Å². The molecule has 0 aliphatic carbocycles. The molecule has 0 fully saturated rings. The van der Waals surface area contributed by atoms with Crippen molar-refractivity contribution in [2.45, 2.75) is 52.0 Å². The second-order valence-electron chi connectivity index (χ2n) is 3.96. The van der Waals surface area contributed by atoms with Crippen LogP contribution in [0.4, 0.5) is 5.95 Å². The Morgan fingerprint density at radius 1 is 1.47 bits per heavy atom. The van der Waals surface area contributed by atoms with Crippen molar-refractivity contribution in [3.05, 3.63) is 4.77 Å². The zero-order chi connectivity index (χ0) is 11.3. The summed E-state index contributed by atoms with van der Waals surface area (Å²) in [5.74, 6) is 0.489. The highest BCUT2D eigenvalue weighted by molar-refractivity contribution is 7.71. The van der Waals surface area contributed by atoms with Gasteiger partial charge in [0.15, 0.2) is 4.77 Å². The number of hydrogen-bond donors (Lipinski definition) is 2. The van der Waals surface area contributed by atoms with Crippen molar-refractivity contribution in [2.75, 3.05) is 5.73 Å². The number of nitrogens with one attached hydrogen (secondary N) is 1. The van der Waals surface area contributed by atoms with Crippen molar-refractivity contribution in [1.82, 2.24) is 14.8 Å². The van der Waals surface area contributed by atoms with Crippen LogP contribution in [0, 0.1) is 4.77 Å². The summed E-state index contributed by atoms with van der Waals surface area (Å²) in [7, 11) is 0. The van der Waals surface area contributed by atoms with Crippen LogP contribution < -0.4 is 5.73 Å². The fourth-order valence-corrected chi connectivity index (χ4v) is 2.06. The van der Waals surface area contributed by atoms with E-state index < -0.39 is 0 Å². The van der Waals surface area contributed by atoms with E-state index in [0.29, 0.717) is 16.8 Å². The average molecular weight is 228 g/mol. The van der Waals surface area contributed by atoms with Gasteiger partial charge in [0.25, 0.3) is 0 Å². The summed E-state index contributed by atoms with van der Waals surface area (Å²) in [4.78, 5) is 0. The molecule has 1 atom stereocenters. The van der Waals surface area contributed by atoms with E-state index in [9.17, 15) is 0 Å². The van der Waals surface area contributed by atoms with Gasteiger partial charge in [-0.2, -0.15) is 0 Å². The maximum Gasteiger partial charge on any atom is 0.220 e. The molecule has 0 spiro atoms. The molecular weight excluding hydrogens is 208 g/mol. The Morgan fingerprint density at radius 2 is 2.20 bits per heavy atom. The predicted molar refractivity (Wildman–Crippen MR) is 65.3 cm³/mol. The molecule has 3 N–H and O–H groups in total. The first-order valence-corrected chi connectivity index (χ1v) is 6.00. The molecule has 0 saturated carbocycles. The standard InChI is InChI=1S/C10H20N4S/c1-3-4-5-6-7-8(2)14-9(11)12-13-10(14)15/h8H,3-7H2,1-2H3,(H2,11,12)(H,13,15). The number of rotatable bonds is 6. The van der Waals surface area contributed by atoms with Gasteiger partial charge in [0.1, 0.15) is 0 Å². The molecule has 1 rings (SSSR count). The smallest absolute Gasteiger partial charge is 0.220 e. The monoisotopic (exact) mass is 228 g/mol. The first-order valence-electron chi connectivity index (χ1n) is 5.59. The van der Waals surface area contributed by atoms with E-state index in [2.05, 4.69) is 24.0 Å². The Balaban J connectivity index is 2.47. The van der Waals surface area contributed by atoms with Gasteiger partial charge in [0, 0.05) is 6.04 Å².